The Morgan fingerprint density at radius 1 is 1.33 bits per heavy atom. The van der Waals surface area contributed by atoms with Gasteiger partial charge in [0.25, 0.3) is 0 Å². The Kier molecular flexibility index (Phi) is 3.26. The van der Waals surface area contributed by atoms with Gasteiger partial charge in [-0.2, -0.15) is 0 Å². The molecule has 66 valence electrons. The van der Waals surface area contributed by atoms with Crippen molar-refractivity contribution in [2.24, 2.45) is 5.73 Å². The van der Waals surface area contributed by atoms with E-state index in [4.69, 9.17) is 5.73 Å². The number of aliphatic hydroxyl groups is 1. The van der Waals surface area contributed by atoms with E-state index in [-0.39, 0.29) is 6.04 Å². The fraction of sp³-hybridized carbons (Fsp3) is 0.333. The van der Waals surface area contributed by atoms with Gasteiger partial charge in [-0.25, -0.2) is 0 Å². The van der Waals surface area contributed by atoms with Crippen LogP contribution in [0.2, 0.25) is 0 Å². The van der Waals surface area contributed by atoms with Crippen LogP contribution in [0.15, 0.2) is 28.7 Å². The van der Waals surface area contributed by atoms with E-state index in [1.165, 1.54) is 0 Å². The minimum atomic E-state index is -0.508. The van der Waals surface area contributed by atoms with Crippen molar-refractivity contribution in [1.29, 1.82) is 0 Å². The lowest BCUT2D eigenvalue weighted by Gasteiger charge is -2.14. The molecule has 0 heterocycles. The van der Waals surface area contributed by atoms with Crippen LogP contribution in [0.25, 0.3) is 0 Å². The van der Waals surface area contributed by atoms with E-state index in [0.717, 1.165) is 10.0 Å². The number of hydrogen-bond acceptors (Lipinski definition) is 2. The lowest BCUT2D eigenvalue weighted by molar-refractivity contribution is 0.164. The van der Waals surface area contributed by atoms with E-state index in [1.807, 2.05) is 24.3 Å². The summed E-state index contributed by atoms with van der Waals surface area (Å²) in [5.41, 5.74) is 6.67. The number of halogens is 1. The van der Waals surface area contributed by atoms with Crippen LogP contribution >= 0.6 is 15.9 Å². The van der Waals surface area contributed by atoms with Gasteiger partial charge >= 0.3 is 0 Å². The van der Waals surface area contributed by atoms with Crippen molar-refractivity contribution < 1.29 is 5.11 Å². The van der Waals surface area contributed by atoms with Crippen LogP contribution in [0.5, 0.6) is 0 Å². The second-order valence-corrected chi connectivity index (χ2v) is 3.73. The van der Waals surface area contributed by atoms with Gasteiger partial charge < -0.3 is 10.8 Å². The van der Waals surface area contributed by atoms with E-state index < -0.39 is 6.10 Å². The normalized spacial score (nSPS) is 15.7. The molecule has 0 saturated carbocycles. The van der Waals surface area contributed by atoms with Crippen LogP contribution in [0.1, 0.15) is 18.5 Å². The molecule has 3 N–H and O–H groups in total. The molecule has 1 aromatic rings. The van der Waals surface area contributed by atoms with Gasteiger partial charge in [0, 0.05) is 4.47 Å². The highest BCUT2D eigenvalue weighted by molar-refractivity contribution is 9.10. The Morgan fingerprint density at radius 2 is 1.83 bits per heavy atom. The molecule has 3 heteroatoms. The monoisotopic (exact) mass is 229 g/mol. The molecule has 0 spiro atoms. The highest BCUT2D eigenvalue weighted by atomic mass is 79.9. The molecule has 0 bridgehead atoms. The highest BCUT2D eigenvalue weighted by Gasteiger charge is 2.10. The standard InChI is InChI=1S/C9H12BrNO/c1-6(12)9(11)7-2-4-8(10)5-3-7/h2-6,9,12H,11H2,1H3/t6-,9-/m0/s1. The molecule has 0 saturated heterocycles. The fourth-order valence-electron chi connectivity index (χ4n) is 0.964. The first kappa shape index (κ1) is 9.71. The molecular formula is C9H12BrNO. The largest absolute Gasteiger partial charge is 0.391 e. The maximum Gasteiger partial charge on any atom is 0.0704 e. The smallest absolute Gasteiger partial charge is 0.0704 e. The molecule has 0 fully saturated rings. The van der Waals surface area contributed by atoms with Crippen LogP contribution in [-0.4, -0.2) is 11.2 Å². The Balaban J connectivity index is 2.82. The third-order valence-corrected chi connectivity index (χ3v) is 2.30. The maximum absolute atomic E-state index is 9.21. The van der Waals surface area contributed by atoms with Gasteiger partial charge in [0.2, 0.25) is 0 Å². The Morgan fingerprint density at radius 3 is 2.25 bits per heavy atom. The number of aliphatic hydroxyl groups excluding tert-OH is 1. The molecule has 1 rings (SSSR count). The van der Waals surface area contributed by atoms with Crippen LogP contribution in [0, 0.1) is 0 Å². The lowest BCUT2D eigenvalue weighted by atomic mass is 10.0. The summed E-state index contributed by atoms with van der Waals surface area (Å²) in [5.74, 6) is 0. The summed E-state index contributed by atoms with van der Waals surface area (Å²) in [6.45, 7) is 1.69. The molecule has 0 aliphatic rings. The van der Waals surface area contributed by atoms with Crippen molar-refractivity contribution in [3.8, 4) is 0 Å². The van der Waals surface area contributed by atoms with Gasteiger partial charge in [-0.1, -0.05) is 28.1 Å². The minimum Gasteiger partial charge on any atom is -0.391 e. The van der Waals surface area contributed by atoms with E-state index in [0.29, 0.717) is 0 Å². The number of hydrogen-bond donors (Lipinski definition) is 2. The predicted molar refractivity (Wildman–Crippen MR) is 52.8 cm³/mol. The van der Waals surface area contributed by atoms with E-state index in [1.54, 1.807) is 6.92 Å². The zero-order chi connectivity index (χ0) is 9.14. The second-order valence-electron chi connectivity index (χ2n) is 2.82. The number of rotatable bonds is 2. The van der Waals surface area contributed by atoms with Gasteiger partial charge in [0.05, 0.1) is 12.1 Å². The number of benzene rings is 1. The molecule has 2 atom stereocenters. The van der Waals surface area contributed by atoms with Gasteiger partial charge in [-0.05, 0) is 24.6 Å². The Bertz CT molecular complexity index is 245. The van der Waals surface area contributed by atoms with Crippen molar-refractivity contribution >= 4 is 15.9 Å². The zero-order valence-electron chi connectivity index (χ0n) is 6.87. The van der Waals surface area contributed by atoms with E-state index in [9.17, 15) is 5.11 Å². The topological polar surface area (TPSA) is 46.2 Å². The molecule has 12 heavy (non-hydrogen) atoms. The van der Waals surface area contributed by atoms with Crippen LogP contribution in [-0.2, 0) is 0 Å². The Labute approximate surface area is 80.5 Å². The van der Waals surface area contributed by atoms with Gasteiger partial charge in [0.1, 0.15) is 0 Å². The van der Waals surface area contributed by atoms with Crippen molar-refractivity contribution in [3.63, 3.8) is 0 Å². The van der Waals surface area contributed by atoms with Crippen molar-refractivity contribution in [2.75, 3.05) is 0 Å². The fourth-order valence-corrected chi connectivity index (χ4v) is 1.23. The van der Waals surface area contributed by atoms with Crippen LogP contribution in [0.4, 0.5) is 0 Å². The number of nitrogens with two attached hydrogens (primary N) is 1. The van der Waals surface area contributed by atoms with Gasteiger partial charge in [-0.15, -0.1) is 0 Å². The molecular weight excluding hydrogens is 218 g/mol. The molecule has 0 aliphatic carbocycles. The quantitative estimate of drug-likeness (QED) is 0.814. The van der Waals surface area contributed by atoms with Gasteiger partial charge in [0.15, 0.2) is 0 Å². The average Bonchev–Trinajstić information content (AvgIpc) is 2.04. The first-order chi connectivity index (χ1) is 5.61. The lowest BCUT2D eigenvalue weighted by Crippen LogP contribution is -2.22. The Hall–Kier alpha value is -0.380. The minimum absolute atomic E-state index is 0.293. The van der Waals surface area contributed by atoms with E-state index >= 15 is 0 Å². The average molecular weight is 230 g/mol. The van der Waals surface area contributed by atoms with Crippen molar-refractivity contribution in [3.05, 3.63) is 34.3 Å². The summed E-state index contributed by atoms with van der Waals surface area (Å²) in [6.07, 6.45) is -0.508. The summed E-state index contributed by atoms with van der Waals surface area (Å²) in [4.78, 5) is 0. The third-order valence-electron chi connectivity index (χ3n) is 1.77. The second kappa shape index (κ2) is 4.03. The highest BCUT2D eigenvalue weighted by Crippen LogP contribution is 2.17. The molecule has 0 radical (unpaired) electrons. The molecule has 2 nitrogen and oxygen atoms in total. The molecule has 0 amide bonds. The maximum atomic E-state index is 9.21. The third kappa shape index (κ3) is 2.30. The first-order valence-corrected chi connectivity index (χ1v) is 4.59. The van der Waals surface area contributed by atoms with Gasteiger partial charge in [-0.3, -0.25) is 0 Å². The summed E-state index contributed by atoms with van der Waals surface area (Å²) >= 11 is 3.33. The molecule has 0 unspecified atom stereocenters. The molecule has 0 aliphatic heterocycles. The zero-order valence-corrected chi connectivity index (χ0v) is 8.45. The van der Waals surface area contributed by atoms with Crippen LogP contribution in [0.3, 0.4) is 0 Å². The molecule has 0 aromatic heterocycles. The van der Waals surface area contributed by atoms with E-state index in [2.05, 4.69) is 15.9 Å². The summed E-state index contributed by atoms with van der Waals surface area (Å²) in [7, 11) is 0. The summed E-state index contributed by atoms with van der Waals surface area (Å²) in [5, 5.41) is 9.21. The summed E-state index contributed by atoms with van der Waals surface area (Å²) < 4.78 is 1.02. The van der Waals surface area contributed by atoms with Crippen molar-refractivity contribution in [2.45, 2.75) is 19.1 Å². The van der Waals surface area contributed by atoms with Crippen molar-refractivity contribution in [1.82, 2.24) is 0 Å². The SMILES string of the molecule is C[C@H](O)[C@H](N)c1ccc(Br)cc1. The van der Waals surface area contributed by atoms with Crippen LogP contribution < -0.4 is 5.73 Å². The first-order valence-electron chi connectivity index (χ1n) is 3.80. The molecule has 1 aromatic carbocycles. The predicted octanol–water partition coefficient (Wildman–Crippen LogP) is 1.83. The summed E-state index contributed by atoms with van der Waals surface area (Å²) in [6, 6.07) is 7.34.